The third-order valence-corrected chi connectivity index (χ3v) is 5.18. The zero-order valence-corrected chi connectivity index (χ0v) is 13.3. The van der Waals surface area contributed by atoms with Crippen molar-refractivity contribution in [3.05, 3.63) is 53.1 Å². The predicted octanol–water partition coefficient (Wildman–Crippen LogP) is 3.27. The van der Waals surface area contributed by atoms with Crippen molar-refractivity contribution in [3.63, 3.8) is 0 Å². The van der Waals surface area contributed by atoms with Crippen LogP contribution >= 0.6 is 0 Å². The molecule has 5 heteroatoms. The highest BCUT2D eigenvalue weighted by Gasteiger charge is 2.50. The second kappa shape index (κ2) is 4.81. The number of aryl methyl sites for hydroxylation is 1. The van der Waals surface area contributed by atoms with Crippen molar-refractivity contribution < 1.29 is 0 Å². The third-order valence-electron chi connectivity index (χ3n) is 5.18. The fourth-order valence-corrected chi connectivity index (χ4v) is 3.64. The van der Waals surface area contributed by atoms with Crippen LogP contribution in [-0.4, -0.2) is 21.5 Å². The van der Waals surface area contributed by atoms with Crippen LogP contribution < -0.4 is 5.32 Å². The number of imidazole rings is 1. The molecule has 0 bridgehead atoms. The quantitative estimate of drug-likeness (QED) is 0.761. The fraction of sp³-hybridized carbons (Fsp3) is 0.316. The summed E-state index contributed by atoms with van der Waals surface area (Å²) in [4.78, 5) is 13.2. The van der Waals surface area contributed by atoms with Crippen molar-refractivity contribution >= 4 is 16.7 Å². The number of pyridine rings is 1. The minimum Gasteiger partial charge on any atom is -0.384 e. The summed E-state index contributed by atoms with van der Waals surface area (Å²) < 4.78 is 0. The second-order valence-electron chi connectivity index (χ2n) is 6.73. The molecule has 24 heavy (non-hydrogen) atoms. The molecule has 118 valence electrons. The molecule has 3 aromatic rings. The maximum absolute atomic E-state index is 9.07. The van der Waals surface area contributed by atoms with Gasteiger partial charge >= 0.3 is 0 Å². The van der Waals surface area contributed by atoms with E-state index in [4.69, 9.17) is 15.2 Å². The molecule has 1 aromatic carbocycles. The Bertz CT molecular complexity index is 991. The zero-order valence-electron chi connectivity index (χ0n) is 13.3. The van der Waals surface area contributed by atoms with E-state index in [0.717, 1.165) is 54.8 Å². The molecule has 0 saturated heterocycles. The molecule has 5 nitrogen and oxygen atoms in total. The smallest absolute Gasteiger partial charge is 0.119 e. The van der Waals surface area contributed by atoms with E-state index in [1.165, 1.54) is 11.4 Å². The minimum absolute atomic E-state index is 0.0850. The van der Waals surface area contributed by atoms with E-state index in [-0.39, 0.29) is 5.41 Å². The molecular formula is C19H17N5. The lowest BCUT2D eigenvalue weighted by molar-refractivity contribution is 0.721. The molecule has 0 atom stereocenters. The van der Waals surface area contributed by atoms with E-state index in [1.54, 1.807) is 0 Å². The summed E-state index contributed by atoms with van der Waals surface area (Å²) in [6.07, 6.45) is 4.31. The lowest BCUT2D eigenvalue weighted by Gasteiger charge is -2.20. The SMILES string of the molecule is N#Cc1ccc2nc(C3(c4ccc5c(n4)CCCN5)CC3)[nH]c2c1. The molecule has 2 aliphatic rings. The lowest BCUT2D eigenvalue weighted by Crippen LogP contribution is -2.18. The van der Waals surface area contributed by atoms with E-state index >= 15 is 0 Å². The molecule has 0 spiro atoms. The van der Waals surface area contributed by atoms with Gasteiger partial charge in [0.15, 0.2) is 0 Å². The van der Waals surface area contributed by atoms with Crippen LogP contribution in [0.15, 0.2) is 30.3 Å². The van der Waals surface area contributed by atoms with Crippen molar-refractivity contribution in [2.24, 2.45) is 0 Å². The van der Waals surface area contributed by atoms with Crippen LogP contribution in [0.3, 0.4) is 0 Å². The van der Waals surface area contributed by atoms with Crippen LogP contribution in [-0.2, 0) is 11.8 Å². The molecule has 1 aliphatic heterocycles. The summed E-state index contributed by atoms with van der Waals surface area (Å²) in [7, 11) is 0. The van der Waals surface area contributed by atoms with Gasteiger partial charge in [-0.25, -0.2) is 4.98 Å². The van der Waals surface area contributed by atoms with Crippen molar-refractivity contribution in [1.29, 1.82) is 5.26 Å². The molecule has 0 amide bonds. The van der Waals surface area contributed by atoms with E-state index < -0.39 is 0 Å². The average Bonchev–Trinajstić information content (AvgIpc) is 3.34. The standard InChI is InChI=1S/C19H17N5/c20-11-12-3-4-15-16(10-12)24-18(23-15)19(7-8-19)17-6-5-13-14(22-17)2-1-9-21-13/h3-6,10,21H,1-2,7-9H2,(H,23,24). The lowest BCUT2D eigenvalue weighted by atomic mass is 9.99. The van der Waals surface area contributed by atoms with Crippen LogP contribution in [0, 0.1) is 11.3 Å². The molecule has 0 unspecified atom stereocenters. The maximum Gasteiger partial charge on any atom is 0.119 e. The first-order valence-corrected chi connectivity index (χ1v) is 8.43. The molecule has 2 aromatic heterocycles. The normalized spacial score (nSPS) is 17.8. The highest BCUT2D eigenvalue weighted by molar-refractivity contribution is 5.77. The minimum atomic E-state index is -0.0850. The Labute approximate surface area is 139 Å². The number of H-pyrrole nitrogens is 1. The Morgan fingerprint density at radius 2 is 2.04 bits per heavy atom. The highest BCUT2D eigenvalue weighted by atomic mass is 15.0. The van der Waals surface area contributed by atoms with Crippen molar-refractivity contribution in [3.8, 4) is 6.07 Å². The Hall–Kier alpha value is -2.87. The summed E-state index contributed by atoms with van der Waals surface area (Å²) in [5, 5.41) is 12.5. The van der Waals surface area contributed by atoms with E-state index in [1.807, 2.05) is 18.2 Å². The van der Waals surface area contributed by atoms with Crippen LogP contribution in [0.25, 0.3) is 11.0 Å². The van der Waals surface area contributed by atoms with Gasteiger partial charge in [0.1, 0.15) is 5.82 Å². The summed E-state index contributed by atoms with van der Waals surface area (Å²) in [6.45, 7) is 1.03. The van der Waals surface area contributed by atoms with Crippen molar-refractivity contribution in [1.82, 2.24) is 15.0 Å². The molecule has 3 heterocycles. The van der Waals surface area contributed by atoms with Gasteiger partial charge in [0, 0.05) is 6.54 Å². The van der Waals surface area contributed by atoms with E-state index in [9.17, 15) is 0 Å². The summed E-state index contributed by atoms with van der Waals surface area (Å²) in [5.41, 5.74) is 5.87. The molecule has 5 rings (SSSR count). The van der Waals surface area contributed by atoms with Crippen LogP contribution in [0.5, 0.6) is 0 Å². The molecule has 1 aliphatic carbocycles. The Balaban J connectivity index is 1.59. The number of benzene rings is 1. The highest BCUT2D eigenvalue weighted by Crippen LogP contribution is 2.52. The molecular weight excluding hydrogens is 298 g/mol. The Morgan fingerprint density at radius 3 is 2.88 bits per heavy atom. The van der Waals surface area contributed by atoms with Crippen molar-refractivity contribution in [2.75, 3.05) is 11.9 Å². The number of aromatic nitrogens is 3. The van der Waals surface area contributed by atoms with Gasteiger partial charge in [-0.2, -0.15) is 5.26 Å². The summed E-state index contributed by atoms with van der Waals surface area (Å²) in [6, 6.07) is 12.1. The van der Waals surface area contributed by atoms with Crippen LogP contribution in [0.1, 0.15) is 42.0 Å². The number of nitrogens with one attached hydrogen (secondary N) is 2. The van der Waals surface area contributed by atoms with Gasteiger partial charge in [-0.1, -0.05) is 0 Å². The number of hydrogen-bond acceptors (Lipinski definition) is 4. The molecule has 1 fully saturated rings. The topological polar surface area (TPSA) is 77.4 Å². The number of fused-ring (bicyclic) bond motifs is 2. The number of nitrogens with zero attached hydrogens (tertiary/aromatic N) is 3. The van der Waals surface area contributed by atoms with Crippen LogP contribution in [0.4, 0.5) is 5.69 Å². The van der Waals surface area contributed by atoms with Gasteiger partial charge in [-0.05, 0) is 56.0 Å². The number of nitriles is 1. The number of aromatic amines is 1. The fourth-order valence-electron chi connectivity index (χ4n) is 3.64. The average molecular weight is 315 g/mol. The Kier molecular flexibility index (Phi) is 2.72. The van der Waals surface area contributed by atoms with Gasteiger partial charge in [0.2, 0.25) is 0 Å². The summed E-state index contributed by atoms with van der Waals surface area (Å²) >= 11 is 0. The van der Waals surface area contributed by atoms with Gasteiger partial charge in [-0.15, -0.1) is 0 Å². The zero-order chi connectivity index (χ0) is 16.1. The van der Waals surface area contributed by atoms with E-state index in [2.05, 4.69) is 28.5 Å². The van der Waals surface area contributed by atoms with E-state index in [0.29, 0.717) is 5.56 Å². The van der Waals surface area contributed by atoms with Crippen molar-refractivity contribution in [2.45, 2.75) is 31.1 Å². The first-order valence-electron chi connectivity index (χ1n) is 8.43. The van der Waals surface area contributed by atoms with Crippen LogP contribution in [0.2, 0.25) is 0 Å². The van der Waals surface area contributed by atoms with Gasteiger partial charge in [0.25, 0.3) is 0 Å². The maximum atomic E-state index is 9.07. The predicted molar refractivity (Wildman–Crippen MR) is 91.9 cm³/mol. The molecule has 0 radical (unpaired) electrons. The largest absolute Gasteiger partial charge is 0.384 e. The van der Waals surface area contributed by atoms with Gasteiger partial charge in [-0.3, -0.25) is 4.98 Å². The second-order valence-corrected chi connectivity index (χ2v) is 6.73. The number of rotatable bonds is 2. The Morgan fingerprint density at radius 1 is 1.12 bits per heavy atom. The number of hydrogen-bond donors (Lipinski definition) is 2. The number of anilines is 1. The van der Waals surface area contributed by atoms with Gasteiger partial charge < -0.3 is 10.3 Å². The third kappa shape index (κ3) is 1.93. The van der Waals surface area contributed by atoms with Gasteiger partial charge in [0.05, 0.1) is 45.2 Å². The first-order chi connectivity index (χ1) is 11.8. The molecule has 1 saturated carbocycles. The summed E-state index contributed by atoms with van der Waals surface area (Å²) in [5.74, 6) is 0.976. The first kappa shape index (κ1) is 13.6. The monoisotopic (exact) mass is 315 g/mol. The molecule has 2 N–H and O–H groups in total.